The van der Waals surface area contributed by atoms with E-state index in [9.17, 15) is 4.79 Å². The summed E-state index contributed by atoms with van der Waals surface area (Å²) in [6, 6.07) is 7.72. The molecule has 8 heteroatoms. The maximum absolute atomic E-state index is 12.1. The molecule has 0 fully saturated rings. The van der Waals surface area contributed by atoms with E-state index in [0.29, 0.717) is 5.71 Å². The van der Waals surface area contributed by atoms with Crippen LogP contribution < -0.4 is 11.2 Å². The van der Waals surface area contributed by atoms with Crippen molar-refractivity contribution in [2.45, 2.75) is 13.8 Å². The largest absolute Gasteiger partial charge is 0.396 e. The van der Waals surface area contributed by atoms with Gasteiger partial charge in [-0.15, -0.1) is 0 Å². The first-order valence-corrected chi connectivity index (χ1v) is 7.66. The van der Waals surface area contributed by atoms with E-state index in [-0.39, 0.29) is 26.6 Å². The highest BCUT2D eigenvalue weighted by molar-refractivity contribution is 6.46. The first-order chi connectivity index (χ1) is 10.8. The summed E-state index contributed by atoms with van der Waals surface area (Å²) in [6.45, 7) is 3.75. The van der Waals surface area contributed by atoms with Crippen LogP contribution in [0.25, 0.3) is 0 Å². The molecule has 1 aromatic heterocycles. The van der Waals surface area contributed by atoms with Gasteiger partial charge in [0.05, 0.1) is 16.4 Å². The standard InChI is InChI=1S/C15H13Cl3N4O/c1-7-3-5-9(6-4-7)8(2)21-22-15(23)13-10(16)12(19)11(17)14(18)20-13/h3-6H,1-2H3,(H2,19,20)(H,22,23)/b21-8-. The molecule has 0 saturated heterocycles. The summed E-state index contributed by atoms with van der Waals surface area (Å²) in [5, 5.41) is 3.86. The summed E-state index contributed by atoms with van der Waals surface area (Å²) in [4.78, 5) is 16.0. The number of hydrogen-bond donors (Lipinski definition) is 2. The van der Waals surface area contributed by atoms with E-state index in [1.54, 1.807) is 6.92 Å². The van der Waals surface area contributed by atoms with E-state index in [1.807, 2.05) is 31.2 Å². The third-order valence-electron chi connectivity index (χ3n) is 3.08. The molecule has 3 N–H and O–H groups in total. The van der Waals surface area contributed by atoms with Gasteiger partial charge in [0.25, 0.3) is 5.91 Å². The lowest BCUT2D eigenvalue weighted by molar-refractivity contribution is 0.0950. The zero-order valence-corrected chi connectivity index (χ0v) is 14.6. The van der Waals surface area contributed by atoms with Gasteiger partial charge in [-0.25, -0.2) is 10.4 Å². The number of nitrogens with zero attached hydrogens (tertiary/aromatic N) is 2. The van der Waals surface area contributed by atoms with Crippen molar-refractivity contribution in [2.24, 2.45) is 5.10 Å². The fourth-order valence-electron chi connectivity index (χ4n) is 1.73. The van der Waals surface area contributed by atoms with Crippen LogP contribution >= 0.6 is 34.8 Å². The Kier molecular flexibility index (Phi) is 5.46. The molecule has 1 heterocycles. The number of hydrogen-bond acceptors (Lipinski definition) is 4. The second-order valence-electron chi connectivity index (χ2n) is 4.80. The molecule has 0 atom stereocenters. The van der Waals surface area contributed by atoms with Crippen LogP contribution in [0.1, 0.15) is 28.5 Å². The van der Waals surface area contributed by atoms with E-state index in [0.717, 1.165) is 11.1 Å². The van der Waals surface area contributed by atoms with Gasteiger partial charge in [-0.1, -0.05) is 64.6 Å². The van der Waals surface area contributed by atoms with Crippen LogP contribution in [0.2, 0.25) is 15.2 Å². The van der Waals surface area contributed by atoms with Crippen LogP contribution in [-0.2, 0) is 0 Å². The molecule has 120 valence electrons. The molecule has 0 spiro atoms. The fourth-order valence-corrected chi connectivity index (χ4v) is 2.32. The Morgan fingerprint density at radius 3 is 2.39 bits per heavy atom. The number of nitrogens with two attached hydrogens (primary N) is 1. The molecule has 23 heavy (non-hydrogen) atoms. The van der Waals surface area contributed by atoms with E-state index in [1.165, 1.54) is 0 Å². The second kappa shape index (κ2) is 7.17. The monoisotopic (exact) mass is 370 g/mol. The summed E-state index contributed by atoms with van der Waals surface area (Å²) in [7, 11) is 0. The van der Waals surface area contributed by atoms with Crippen molar-refractivity contribution in [3.63, 3.8) is 0 Å². The first-order valence-electron chi connectivity index (χ1n) is 6.53. The highest BCUT2D eigenvalue weighted by atomic mass is 35.5. The molecule has 0 unspecified atom stereocenters. The van der Waals surface area contributed by atoms with Crippen molar-refractivity contribution in [3.05, 3.63) is 56.3 Å². The van der Waals surface area contributed by atoms with Gasteiger partial charge in [0.2, 0.25) is 0 Å². The lowest BCUT2D eigenvalue weighted by Crippen LogP contribution is -2.21. The van der Waals surface area contributed by atoms with Gasteiger partial charge in [0.1, 0.15) is 5.02 Å². The van der Waals surface area contributed by atoms with Gasteiger partial charge in [0, 0.05) is 0 Å². The number of rotatable bonds is 3. The Balaban J connectivity index is 2.23. The van der Waals surface area contributed by atoms with Gasteiger partial charge in [0.15, 0.2) is 10.8 Å². The van der Waals surface area contributed by atoms with Crippen molar-refractivity contribution in [2.75, 3.05) is 5.73 Å². The topological polar surface area (TPSA) is 80.4 Å². The van der Waals surface area contributed by atoms with Crippen LogP contribution in [0.15, 0.2) is 29.4 Å². The Morgan fingerprint density at radius 2 is 1.78 bits per heavy atom. The molecule has 0 aliphatic heterocycles. The van der Waals surface area contributed by atoms with Crippen molar-refractivity contribution < 1.29 is 4.79 Å². The van der Waals surface area contributed by atoms with E-state index < -0.39 is 5.91 Å². The quantitative estimate of drug-likeness (QED) is 0.484. The molecule has 1 amide bonds. The zero-order chi connectivity index (χ0) is 17.1. The minimum absolute atomic E-state index is 0.00211. The molecule has 5 nitrogen and oxygen atoms in total. The predicted molar refractivity (Wildman–Crippen MR) is 94.5 cm³/mol. The van der Waals surface area contributed by atoms with E-state index in [4.69, 9.17) is 40.5 Å². The number of benzene rings is 1. The van der Waals surface area contributed by atoms with Gasteiger partial charge in [-0.2, -0.15) is 5.10 Å². The fraction of sp³-hybridized carbons (Fsp3) is 0.133. The molecule has 0 saturated carbocycles. The predicted octanol–water partition coefficient (Wildman–Crippen LogP) is 4.09. The molecule has 2 rings (SSSR count). The smallest absolute Gasteiger partial charge is 0.291 e. The molecule has 0 radical (unpaired) electrons. The van der Waals surface area contributed by atoms with Crippen molar-refractivity contribution in [1.29, 1.82) is 0 Å². The van der Waals surface area contributed by atoms with Crippen molar-refractivity contribution >= 4 is 52.1 Å². The second-order valence-corrected chi connectivity index (χ2v) is 5.91. The SMILES string of the molecule is C/C(=N/NC(=O)c1nc(Cl)c(Cl)c(N)c1Cl)c1ccc(C)cc1. The Labute approximate surface area is 148 Å². The summed E-state index contributed by atoms with van der Waals surface area (Å²) < 4.78 is 0. The van der Waals surface area contributed by atoms with Crippen LogP contribution in [0, 0.1) is 6.92 Å². The van der Waals surface area contributed by atoms with Crippen LogP contribution in [0.5, 0.6) is 0 Å². The number of anilines is 1. The van der Waals surface area contributed by atoms with Crippen LogP contribution in [0.4, 0.5) is 5.69 Å². The highest BCUT2D eigenvalue weighted by Crippen LogP contribution is 2.34. The number of nitrogen functional groups attached to an aromatic ring is 1. The molecule has 0 aliphatic carbocycles. The molecular formula is C15H13Cl3N4O. The average molecular weight is 372 g/mol. The normalized spacial score (nSPS) is 11.4. The highest BCUT2D eigenvalue weighted by Gasteiger charge is 2.19. The number of carbonyl (C=O) groups excluding carboxylic acids is 1. The maximum Gasteiger partial charge on any atom is 0.291 e. The lowest BCUT2D eigenvalue weighted by atomic mass is 10.1. The maximum atomic E-state index is 12.1. The Morgan fingerprint density at radius 1 is 1.17 bits per heavy atom. The zero-order valence-electron chi connectivity index (χ0n) is 12.3. The number of aryl methyl sites for hydroxylation is 1. The third-order valence-corrected chi connectivity index (χ3v) is 4.22. The van der Waals surface area contributed by atoms with Gasteiger partial charge in [-0.05, 0) is 19.4 Å². The Bertz CT molecular complexity index is 788. The number of pyridine rings is 1. The van der Waals surface area contributed by atoms with Crippen molar-refractivity contribution in [1.82, 2.24) is 10.4 Å². The summed E-state index contributed by atoms with van der Waals surface area (Å²) in [6.07, 6.45) is 0. The number of carbonyl (C=O) groups is 1. The number of hydrazone groups is 1. The molecule has 1 aromatic carbocycles. The minimum Gasteiger partial charge on any atom is -0.396 e. The number of halogens is 3. The van der Waals surface area contributed by atoms with Gasteiger partial charge >= 0.3 is 0 Å². The summed E-state index contributed by atoms with van der Waals surface area (Å²) in [5.41, 5.74) is 10.5. The van der Waals surface area contributed by atoms with Crippen molar-refractivity contribution in [3.8, 4) is 0 Å². The number of aromatic nitrogens is 1. The third kappa shape index (κ3) is 3.93. The molecular weight excluding hydrogens is 359 g/mol. The van der Waals surface area contributed by atoms with Crippen LogP contribution in [0.3, 0.4) is 0 Å². The number of amides is 1. The Hall–Kier alpha value is -1.82. The summed E-state index contributed by atoms with van der Waals surface area (Å²) >= 11 is 17.6. The summed E-state index contributed by atoms with van der Waals surface area (Å²) in [5.74, 6) is -0.633. The van der Waals surface area contributed by atoms with Gasteiger partial charge < -0.3 is 5.73 Å². The first kappa shape index (κ1) is 17.5. The van der Waals surface area contributed by atoms with E-state index >= 15 is 0 Å². The van der Waals surface area contributed by atoms with Gasteiger partial charge in [-0.3, -0.25) is 4.79 Å². The minimum atomic E-state index is -0.633. The lowest BCUT2D eigenvalue weighted by Gasteiger charge is -2.08. The average Bonchev–Trinajstić information content (AvgIpc) is 2.54. The molecule has 2 aromatic rings. The van der Waals surface area contributed by atoms with Crippen LogP contribution in [-0.4, -0.2) is 16.6 Å². The molecule has 0 bridgehead atoms. The molecule has 0 aliphatic rings. The van der Waals surface area contributed by atoms with E-state index in [2.05, 4.69) is 15.5 Å². The number of nitrogens with one attached hydrogen (secondary N) is 1.